The van der Waals surface area contributed by atoms with Gasteiger partial charge in [-0.3, -0.25) is 23.4 Å². The number of phosphoric ester groups is 1. The first-order valence-corrected chi connectivity index (χ1v) is 31.7. The minimum absolute atomic E-state index is 0.162. The molecule has 72 heavy (non-hydrogen) atoms. The van der Waals surface area contributed by atoms with Crippen molar-refractivity contribution in [2.24, 2.45) is 0 Å². The third-order valence-electron chi connectivity index (χ3n) is 13.3. The lowest BCUT2D eigenvalue weighted by atomic mass is 10.0. The van der Waals surface area contributed by atoms with E-state index in [9.17, 15) is 28.9 Å². The molecule has 0 aromatic carbocycles. The SMILES string of the molecule is CCCC/C=C\CCCCCCCC(=O)OC(CO)COP(=O)(O)OCC(COC(=O)CCCCCCCCCCCCCCCCCCCCC)OC(=O)CCCCCCC/C=C\CCCCCCCC. The summed E-state index contributed by atoms with van der Waals surface area (Å²) >= 11 is 0. The largest absolute Gasteiger partial charge is 0.472 e. The molecule has 0 aromatic heterocycles. The van der Waals surface area contributed by atoms with Crippen LogP contribution in [-0.4, -0.2) is 66.5 Å². The van der Waals surface area contributed by atoms with Crippen molar-refractivity contribution in [3.63, 3.8) is 0 Å². The third kappa shape index (κ3) is 52.8. The molecule has 3 atom stereocenters. The van der Waals surface area contributed by atoms with E-state index in [0.717, 1.165) is 96.3 Å². The average Bonchev–Trinajstić information content (AvgIpc) is 3.37. The van der Waals surface area contributed by atoms with Gasteiger partial charge >= 0.3 is 25.7 Å². The highest BCUT2D eigenvalue weighted by atomic mass is 31.2. The molecule has 0 aliphatic heterocycles. The van der Waals surface area contributed by atoms with E-state index in [0.29, 0.717) is 19.3 Å². The maximum Gasteiger partial charge on any atom is 0.472 e. The monoisotopic (exact) mass is 1040 g/mol. The minimum Gasteiger partial charge on any atom is -0.462 e. The first kappa shape index (κ1) is 70.0. The van der Waals surface area contributed by atoms with E-state index in [1.165, 1.54) is 148 Å². The number of hydrogen-bond donors (Lipinski definition) is 2. The van der Waals surface area contributed by atoms with Crippen LogP contribution in [0.5, 0.6) is 0 Å². The molecule has 3 unspecified atom stereocenters. The number of unbranched alkanes of at least 4 members (excludes halogenated alkanes) is 36. The van der Waals surface area contributed by atoms with E-state index in [1.807, 2.05) is 0 Å². The van der Waals surface area contributed by atoms with Crippen LogP contribution in [0.4, 0.5) is 0 Å². The summed E-state index contributed by atoms with van der Waals surface area (Å²) in [5.74, 6) is -1.46. The molecule has 0 heterocycles. The van der Waals surface area contributed by atoms with Crippen LogP contribution < -0.4 is 0 Å². The van der Waals surface area contributed by atoms with Crippen LogP contribution in [-0.2, 0) is 42.2 Å². The van der Waals surface area contributed by atoms with E-state index >= 15 is 0 Å². The second-order valence-corrected chi connectivity index (χ2v) is 22.0. The van der Waals surface area contributed by atoms with Gasteiger partial charge in [0.2, 0.25) is 0 Å². The molecule has 0 bridgehead atoms. The molecule has 11 nitrogen and oxygen atoms in total. The molecule has 0 radical (unpaired) electrons. The zero-order valence-electron chi connectivity index (χ0n) is 46.9. The Kier molecular flexibility index (Phi) is 53.6. The van der Waals surface area contributed by atoms with Crippen molar-refractivity contribution in [3.05, 3.63) is 24.3 Å². The second-order valence-electron chi connectivity index (χ2n) is 20.5. The molecule has 0 amide bonds. The van der Waals surface area contributed by atoms with Crippen molar-refractivity contribution >= 4 is 25.7 Å². The molecule has 0 fully saturated rings. The Hall–Kier alpha value is -2.04. The predicted molar refractivity (Wildman–Crippen MR) is 298 cm³/mol. The Bertz CT molecular complexity index is 1310. The number of ether oxygens (including phenoxy) is 3. The van der Waals surface area contributed by atoms with E-state index < -0.39 is 57.8 Å². The number of phosphoric acid groups is 1. The number of carbonyl (C=O) groups is 3. The molecule has 12 heteroatoms. The molecule has 0 aromatic rings. The standard InChI is InChI=1S/C60H113O11P/c1-4-7-10-13-16-19-22-24-26-27-28-29-31-32-35-37-40-43-46-49-58(62)67-53-57(71-60(64)51-48-45-42-39-36-33-30-25-23-20-17-14-11-8-5-2)55-69-72(65,66)68-54-56(52-61)70-59(63)50-47-44-41-38-34-21-18-15-12-9-6-3/h15,18,25,30,56-57,61H,4-14,16-17,19-24,26-29,31-55H2,1-3H3,(H,65,66)/b18-15-,30-25-. The number of aliphatic hydroxyl groups is 1. The lowest BCUT2D eigenvalue weighted by molar-refractivity contribution is -0.161. The third-order valence-corrected chi connectivity index (χ3v) is 14.3. The summed E-state index contributed by atoms with van der Waals surface area (Å²) in [4.78, 5) is 48.5. The average molecular weight is 1040 g/mol. The van der Waals surface area contributed by atoms with E-state index in [1.54, 1.807) is 0 Å². The summed E-state index contributed by atoms with van der Waals surface area (Å²) < 4.78 is 39.5. The fourth-order valence-electron chi connectivity index (χ4n) is 8.69. The Labute approximate surface area is 442 Å². The van der Waals surface area contributed by atoms with Crippen molar-refractivity contribution in [2.45, 2.75) is 315 Å². The molecular formula is C60H113O11P. The first-order valence-electron chi connectivity index (χ1n) is 30.2. The highest BCUT2D eigenvalue weighted by molar-refractivity contribution is 7.47. The quantitative estimate of drug-likeness (QED) is 0.0197. The van der Waals surface area contributed by atoms with Crippen LogP contribution >= 0.6 is 7.82 Å². The normalized spacial score (nSPS) is 13.5. The first-order chi connectivity index (χ1) is 35.2. The zero-order chi connectivity index (χ0) is 52.7. The summed E-state index contributed by atoms with van der Waals surface area (Å²) in [7, 11) is -4.74. The van der Waals surface area contributed by atoms with Gasteiger partial charge in [0, 0.05) is 19.3 Å². The fraction of sp³-hybridized carbons (Fsp3) is 0.883. The predicted octanol–water partition coefficient (Wildman–Crippen LogP) is 17.8. The number of esters is 3. The molecule has 0 saturated heterocycles. The zero-order valence-corrected chi connectivity index (χ0v) is 47.8. The summed E-state index contributed by atoms with van der Waals surface area (Å²) in [6.07, 6.45) is 55.7. The minimum atomic E-state index is -4.74. The van der Waals surface area contributed by atoms with Crippen molar-refractivity contribution in [2.75, 3.05) is 26.4 Å². The lowest BCUT2D eigenvalue weighted by Gasteiger charge is -2.21. The smallest absolute Gasteiger partial charge is 0.462 e. The van der Waals surface area contributed by atoms with Crippen LogP contribution in [0.1, 0.15) is 303 Å². The summed E-state index contributed by atoms with van der Waals surface area (Å²) in [5, 5.41) is 9.79. The fourth-order valence-corrected chi connectivity index (χ4v) is 9.47. The number of aliphatic hydroxyl groups excluding tert-OH is 1. The van der Waals surface area contributed by atoms with Crippen molar-refractivity contribution < 1.29 is 52.2 Å². The van der Waals surface area contributed by atoms with Gasteiger partial charge in [0.1, 0.15) is 12.7 Å². The van der Waals surface area contributed by atoms with Crippen LogP contribution in [0, 0.1) is 0 Å². The summed E-state index contributed by atoms with van der Waals surface area (Å²) in [5.41, 5.74) is 0. The molecule has 0 aliphatic rings. The van der Waals surface area contributed by atoms with Gasteiger partial charge in [0.25, 0.3) is 0 Å². The maximum absolute atomic E-state index is 12.9. The number of carbonyl (C=O) groups excluding carboxylic acids is 3. The topological polar surface area (TPSA) is 155 Å². The number of rotatable bonds is 57. The number of allylic oxidation sites excluding steroid dienone is 4. The summed E-state index contributed by atoms with van der Waals surface area (Å²) in [6.45, 7) is 4.63. The molecular weight excluding hydrogens is 928 g/mol. The highest BCUT2D eigenvalue weighted by Crippen LogP contribution is 2.43. The molecule has 0 aliphatic carbocycles. The van der Waals surface area contributed by atoms with Crippen molar-refractivity contribution in [1.82, 2.24) is 0 Å². The second kappa shape index (κ2) is 55.2. The van der Waals surface area contributed by atoms with Gasteiger partial charge in [0.05, 0.1) is 19.8 Å². The van der Waals surface area contributed by atoms with Gasteiger partial charge in [-0.2, -0.15) is 0 Å². The highest BCUT2D eigenvalue weighted by Gasteiger charge is 2.28. The molecule has 0 saturated carbocycles. The lowest BCUT2D eigenvalue weighted by Crippen LogP contribution is -2.30. The molecule has 424 valence electrons. The van der Waals surface area contributed by atoms with Gasteiger partial charge in [-0.1, -0.05) is 244 Å². The van der Waals surface area contributed by atoms with Crippen LogP contribution in [0.15, 0.2) is 24.3 Å². The van der Waals surface area contributed by atoms with Gasteiger partial charge < -0.3 is 24.2 Å². The van der Waals surface area contributed by atoms with Gasteiger partial charge in [-0.15, -0.1) is 0 Å². The maximum atomic E-state index is 12.9. The van der Waals surface area contributed by atoms with Crippen LogP contribution in [0.25, 0.3) is 0 Å². The molecule has 0 spiro atoms. The van der Waals surface area contributed by atoms with Crippen LogP contribution in [0.3, 0.4) is 0 Å². The Balaban J connectivity index is 4.66. The van der Waals surface area contributed by atoms with E-state index in [-0.39, 0.29) is 25.9 Å². The Morgan fingerprint density at radius 1 is 0.375 bits per heavy atom. The Morgan fingerprint density at radius 2 is 0.653 bits per heavy atom. The number of hydrogen-bond acceptors (Lipinski definition) is 10. The molecule has 2 N–H and O–H groups in total. The Morgan fingerprint density at radius 3 is 1.00 bits per heavy atom. The van der Waals surface area contributed by atoms with Crippen molar-refractivity contribution in [1.29, 1.82) is 0 Å². The van der Waals surface area contributed by atoms with Crippen molar-refractivity contribution in [3.8, 4) is 0 Å². The van der Waals surface area contributed by atoms with Gasteiger partial charge in [-0.25, -0.2) is 4.57 Å². The molecule has 0 rings (SSSR count). The van der Waals surface area contributed by atoms with Gasteiger partial charge in [0.15, 0.2) is 6.10 Å². The van der Waals surface area contributed by atoms with Crippen LogP contribution in [0.2, 0.25) is 0 Å². The van der Waals surface area contributed by atoms with Gasteiger partial charge in [-0.05, 0) is 64.2 Å². The van der Waals surface area contributed by atoms with E-state index in [2.05, 4.69) is 45.1 Å². The van der Waals surface area contributed by atoms with E-state index in [4.69, 9.17) is 23.3 Å². The summed E-state index contributed by atoms with van der Waals surface area (Å²) in [6, 6.07) is 0.